The zero-order chi connectivity index (χ0) is 13.5. The van der Waals surface area contributed by atoms with Crippen LogP contribution in [0.15, 0.2) is 35.7 Å². The Morgan fingerprint density at radius 1 is 1.32 bits per heavy atom. The molecule has 0 radical (unpaired) electrons. The molecule has 3 nitrogen and oxygen atoms in total. The molecule has 2 rings (SSSR count). The Hall–Kier alpha value is -1.23. The van der Waals surface area contributed by atoms with E-state index < -0.39 is 0 Å². The van der Waals surface area contributed by atoms with E-state index in [0.717, 1.165) is 36.6 Å². The summed E-state index contributed by atoms with van der Waals surface area (Å²) in [7, 11) is 0. The van der Waals surface area contributed by atoms with Gasteiger partial charge in [-0.05, 0) is 25.3 Å². The molecule has 3 N–H and O–H groups in total. The van der Waals surface area contributed by atoms with Gasteiger partial charge in [-0.2, -0.15) is 0 Å². The number of aromatic nitrogens is 1. The number of aryl methyl sites for hydroxylation is 2. The van der Waals surface area contributed by atoms with Crippen LogP contribution in [-0.2, 0) is 13.0 Å². The fraction of sp³-hybridized carbons (Fsp3) is 0.400. The quantitative estimate of drug-likeness (QED) is 0.816. The van der Waals surface area contributed by atoms with Gasteiger partial charge in [0.25, 0.3) is 0 Å². The Morgan fingerprint density at radius 2 is 2.11 bits per heavy atom. The minimum Gasteiger partial charge on any atom is -0.327 e. The highest BCUT2D eigenvalue weighted by atomic mass is 32.1. The normalized spacial score (nSPS) is 12.5. The van der Waals surface area contributed by atoms with Crippen LogP contribution in [0.4, 0.5) is 0 Å². The predicted octanol–water partition coefficient (Wildman–Crippen LogP) is 2.50. The van der Waals surface area contributed by atoms with Crippen molar-refractivity contribution in [3.8, 4) is 0 Å². The molecule has 0 aliphatic rings. The number of nitrogens with two attached hydrogens (primary N) is 1. The summed E-state index contributed by atoms with van der Waals surface area (Å²) in [4.78, 5) is 4.42. The number of hydrogen-bond acceptors (Lipinski definition) is 4. The van der Waals surface area contributed by atoms with Gasteiger partial charge in [0.2, 0.25) is 0 Å². The average Bonchev–Trinajstić information content (AvgIpc) is 2.83. The molecule has 0 saturated heterocycles. The molecule has 0 saturated carbocycles. The van der Waals surface area contributed by atoms with E-state index in [9.17, 15) is 0 Å². The monoisotopic (exact) mass is 275 g/mol. The molecule has 1 aromatic heterocycles. The molecule has 4 heteroatoms. The summed E-state index contributed by atoms with van der Waals surface area (Å²) in [6, 6.07) is 10.7. The van der Waals surface area contributed by atoms with Gasteiger partial charge in [0.15, 0.2) is 0 Å². The topological polar surface area (TPSA) is 50.9 Å². The third kappa shape index (κ3) is 5.11. The van der Waals surface area contributed by atoms with E-state index in [2.05, 4.69) is 39.9 Å². The van der Waals surface area contributed by atoms with E-state index in [4.69, 9.17) is 5.73 Å². The molecule has 0 aliphatic carbocycles. The van der Waals surface area contributed by atoms with Crippen LogP contribution in [0.5, 0.6) is 0 Å². The van der Waals surface area contributed by atoms with Gasteiger partial charge < -0.3 is 11.1 Å². The SMILES string of the molecule is Cc1csc(CNCC(N)CCc2ccccc2)n1. The maximum Gasteiger partial charge on any atom is 0.107 e. The van der Waals surface area contributed by atoms with E-state index in [-0.39, 0.29) is 6.04 Å². The van der Waals surface area contributed by atoms with Crippen molar-refractivity contribution >= 4 is 11.3 Å². The molecule has 102 valence electrons. The van der Waals surface area contributed by atoms with Gasteiger partial charge in [0, 0.05) is 30.2 Å². The summed E-state index contributed by atoms with van der Waals surface area (Å²) in [6.07, 6.45) is 2.05. The van der Waals surface area contributed by atoms with Crippen LogP contribution in [-0.4, -0.2) is 17.6 Å². The van der Waals surface area contributed by atoms with Gasteiger partial charge in [-0.25, -0.2) is 4.98 Å². The Morgan fingerprint density at radius 3 is 2.79 bits per heavy atom. The average molecular weight is 275 g/mol. The second-order valence-electron chi connectivity index (χ2n) is 4.80. The van der Waals surface area contributed by atoms with E-state index in [1.54, 1.807) is 11.3 Å². The molecule has 19 heavy (non-hydrogen) atoms. The first-order valence-corrected chi connectivity index (χ1v) is 7.53. The Balaban J connectivity index is 1.63. The van der Waals surface area contributed by atoms with Crippen molar-refractivity contribution in [2.45, 2.75) is 32.4 Å². The van der Waals surface area contributed by atoms with Crippen LogP contribution in [0.2, 0.25) is 0 Å². The van der Waals surface area contributed by atoms with Crippen LogP contribution >= 0.6 is 11.3 Å². The maximum atomic E-state index is 6.11. The first kappa shape index (κ1) is 14.2. The summed E-state index contributed by atoms with van der Waals surface area (Å²) in [5.41, 5.74) is 8.56. The van der Waals surface area contributed by atoms with Crippen LogP contribution < -0.4 is 11.1 Å². The molecular weight excluding hydrogens is 254 g/mol. The van der Waals surface area contributed by atoms with Crippen molar-refractivity contribution < 1.29 is 0 Å². The van der Waals surface area contributed by atoms with Crippen LogP contribution in [0.3, 0.4) is 0 Å². The van der Waals surface area contributed by atoms with Crippen molar-refractivity contribution in [3.05, 3.63) is 52.0 Å². The standard InChI is InChI=1S/C15H21N3S/c1-12-11-19-15(18-12)10-17-9-14(16)8-7-13-5-3-2-4-6-13/h2-6,11,14,17H,7-10,16H2,1H3. The Kier molecular flexibility index (Phi) is 5.51. The highest BCUT2D eigenvalue weighted by molar-refractivity contribution is 7.09. The third-order valence-electron chi connectivity index (χ3n) is 3.00. The number of thiazole rings is 1. The molecule has 1 unspecified atom stereocenters. The van der Waals surface area contributed by atoms with Crippen molar-refractivity contribution in [1.82, 2.24) is 10.3 Å². The molecule has 2 aromatic rings. The second kappa shape index (κ2) is 7.38. The largest absolute Gasteiger partial charge is 0.327 e. The van der Waals surface area contributed by atoms with E-state index in [1.807, 2.05) is 13.0 Å². The van der Waals surface area contributed by atoms with Crippen molar-refractivity contribution in [2.75, 3.05) is 6.54 Å². The fourth-order valence-electron chi connectivity index (χ4n) is 1.95. The minimum absolute atomic E-state index is 0.196. The van der Waals surface area contributed by atoms with Crippen LogP contribution in [0, 0.1) is 6.92 Å². The number of nitrogens with one attached hydrogen (secondary N) is 1. The molecule has 0 aliphatic heterocycles. The Bertz CT molecular complexity index is 481. The summed E-state index contributed by atoms with van der Waals surface area (Å²) in [5.74, 6) is 0. The first-order valence-electron chi connectivity index (χ1n) is 6.65. The zero-order valence-corrected chi connectivity index (χ0v) is 12.1. The lowest BCUT2D eigenvalue weighted by Gasteiger charge is -2.12. The van der Waals surface area contributed by atoms with Crippen LogP contribution in [0.1, 0.15) is 22.7 Å². The van der Waals surface area contributed by atoms with Crippen molar-refractivity contribution in [3.63, 3.8) is 0 Å². The Labute approximate surface area is 118 Å². The number of benzene rings is 1. The third-order valence-corrected chi connectivity index (χ3v) is 3.96. The molecule has 1 atom stereocenters. The van der Waals surface area contributed by atoms with Crippen molar-refractivity contribution in [2.24, 2.45) is 5.73 Å². The lowest BCUT2D eigenvalue weighted by molar-refractivity contribution is 0.543. The summed E-state index contributed by atoms with van der Waals surface area (Å²) in [5, 5.41) is 6.58. The number of rotatable bonds is 7. The molecule has 0 fully saturated rings. The highest BCUT2D eigenvalue weighted by Crippen LogP contribution is 2.08. The maximum absolute atomic E-state index is 6.11. The smallest absolute Gasteiger partial charge is 0.107 e. The summed E-state index contributed by atoms with van der Waals surface area (Å²) in [6.45, 7) is 3.68. The molecule has 1 heterocycles. The number of nitrogens with zero attached hydrogens (tertiary/aromatic N) is 1. The fourth-order valence-corrected chi connectivity index (χ4v) is 2.69. The van der Waals surface area contributed by atoms with Gasteiger partial charge in [0.05, 0.1) is 0 Å². The lowest BCUT2D eigenvalue weighted by atomic mass is 10.1. The van der Waals surface area contributed by atoms with Gasteiger partial charge >= 0.3 is 0 Å². The molecule has 1 aromatic carbocycles. The lowest BCUT2D eigenvalue weighted by Crippen LogP contribution is -2.33. The molecule has 0 spiro atoms. The van der Waals surface area contributed by atoms with Gasteiger partial charge in [-0.15, -0.1) is 11.3 Å². The van der Waals surface area contributed by atoms with Crippen molar-refractivity contribution in [1.29, 1.82) is 0 Å². The van der Waals surface area contributed by atoms with Crippen LogP contribution in [0.25, 0.3) is 0 Å². The van der Waals surface area contributed by atoms with Gasteiger partial charge in [0.1, 0.15) is 5.01 Å². The van der Waals surface area contributed by atoms with Gasteiger partial charge in [-0.3, -0.25) is 0 Å². The van der Waals surface area contributed by atoms with E-state index in [1.165, 1.54) is 5.56 Å². The van der Waals surface area contributed by atoms with Gasteiger partial charge in [-0.1, -0.05) is 30.3 Å². The van der Waals surface area contributed by atoms with E-state index >= 15 is 0 Å². The predicted molar refractivity (Wildman–Crippen MR) is 81.3 cm³/mol. The van der Waals surface area contributed by atoms with E-state index in [0.29, 0.717) is 0 Å². The molecule has 0 bridgehead atoms. The minimum atomic E-state index is 0.196. The number of hydrogen-bond donors (Lipinski definition) is 2. The summed E-state index contributed by atoms with van der Waals surface area (Å²) < 4.78 is 0. The first-order chi connectivity index (χ1) is 9.24. The molecular formula is C15H21N3S. The zero-order valence-electron chi connectivity index (χ0n) is 11.3. The second-order valence-corrected chi connectivity index (χ2v) is 5.74. The highest BCUT2D eigenvalue weighted by Gasteiger charge is 2.04. The molecule has 0 amide bonds. The summed E-state index contributed by atoms with van der Waals surface area (Å²) >= 11 is 1.70.